The van der Waals surface area contributed by atoms with Crippen molar-refractivity contribution >= 4 is 15.9 Å². The smallest absolute Gasteiger partial charge is 0.153 e. The number of halogens is 1. The van der Waals surface area contributed by atoms with Crippen LogP contribution in [0.2, 0.25) is 0 Å². The van der Waals surface area contributed by atoms with Gasteiger partial charge in [0, 0.05) is 11.6 Å². The van der Waals surface area contributed by atoms with Crippen LogP contribution in [0, 0.1) is 0 Å². The molecule has 0 bridgehead atoms. The summed E-state index contributed by atoms with van der Waals surface area (Å²) in [4.78, 5) is 0. The maximum absolute atomic E-state index is 6.01. The Kier molecular flexibility index (Phi) is 2.56. The van der Waals surface area contributed by atoms with Crippen molar-refractivity contribution in [3.05, 3.63) is 29.8 Å². The molecule has 2 N–H and O–H groups in total. The van der Waals surface area contributed by atoms with Crippen molar-refractivity contribution in [2.24, 2.45) is 5.73 Å². The number of para-hydroxylation sites is 1. The highest BCUT2D eigenvalue weighted by atomic mass is 79.9. The van der Waals surface area contributed by atoms with Crippen LogP contribution in [0.3, 0.4) is 0 Å². The molecule has 0 saturated carbocycles. The molecule has 13 heavy (non-hydrogen) atoms. The predicted octanol–water partition coefficient (Wildman–Crippen LogP) is 2.58. The second-order valence-corrected chi connectivity index (χ2v) is 4.27. The molecule has 0 saturated heterocycles. The Morgan fingerprint density at radius 1 is 1.31 bits per heavy atom. The van der Waals surface area contributed by atoms with E-state index in [1.165, 1.54) is 0 Å². The molecule has 0 radical (unpaired) electrons. The number of alkyl halides is 1. The van der Waals surface area contributed by atoms with E-state index in [9.17, 15) is 0 Å². The van der Waals surface area contributed by atoms with Gasteiger partial charge in [-0.15, -0.1) is 0 Å². The first-order valence-corrected chi connectivity index (χ1v) is 5.34. The van der Waals surface area contributed by atoms with Crippen molar-refractivity contribution in [1.82, 2.24) is 0 Å². The summed E-state index contributed by atoms with van der Waals surface area (Å²) in [5.74, 6) is 0.911. The molecule has 1 heterocycles. The van der Waals surface area contributed by atoms with Crippen LogP contribution in [0.25, 0.3) is 0 Å². The lowest BCUT2D eigenvalue weighted by molar-refractivity contribution is 0.289. The van der Waals surface area contributed by atoms with Gasteiger partial charge in [-0.05, 0) is 34.8 Å². The third-order valence-corrected chi connectivity index (χ3v) is 2.92. The minimum Gasteiger partial charge on any atom is -0.479 e. The molecule has 3 heteroatoms. The number of nitrogens with two attached hydrogens (primary N) is 1. The van der Waals surface area contributed by atoms with Gasteiger partial charge in [-0.25, -0.2) is 0 Å². The Morgan fingerprint density at radius 3 is 2.92 bits per heavy atom. The molecule has 1 aliphatic heterocycles. The normalized spacial score (nSPS) is 27.2. The number of hydrogen-bond donors (Lipinski definition) is 1. The van der Waals surface area contributed by atoms with Crippen LogP contribution in [0.5, 0.6) is 5.75 Å². The SMILES string of the molecule is NC1CCC(Br)Oc2ccccc21. The average Bonchev–Trinajstić information content (AvgIpc) is 2.27. The summed E-state index contributed by atoms with van der Waals surface area (Å²) in [5.41, 5.74) is 7.12. The molecule has 1 aromatic rings. The lowest BCUT2D eigenvalue weighted by Gasteiger charge is -2.11. The zero-order chi connectivity index (χ0) is 9.26. The molecular weight excluding hydrogens is 230 g/mol. The first-order valence-electron chi connectivity index (χ1n) is 4.42. The van der Waals surface area contributed by atoms with Crippen molar-refractivity contribution in [3.63, 3.8) is 0 Å². The van der Waals surface area contributed by atoms with E-state index in [1.54, 1.807) is 0 Å². The Morgan fingerprint density at radius 2 is 2.08 bits per heavy atom. The maximum Gasteiger partial charge on any atom is 0.153 e. The quantitative estimate of drug-likeness (QED) is 0.709. The van der Waals surface area contributed by atoms with E-state index in [1.807, 2.05) is 24.3 Å². The number of ether oxygens (including phenoxy) is 1. The molecule has 0 fully saturated rings. The Balaban J connectivity index is 2.38. The highest BCUT2D eigenvalue weighted by molar-refractivity contribution is 9.09. The Hall–Kier alpha value is -0.540. The van der Waals surface area contributed by atoms with Gasteiger partial charge in [0.05, 0.1) is 0 Å². The molecule has 1 aromatic carbocycles. The highest BCUT2D eigenvalue weighted by Crippen LogP contribution is 2.32. The van der Waals surface area contributed by atoms with E-state index >= 15 is 0 Å². The van der Waals surface area contributed by atoms with Crippen LogP contribution < -0.4 is 10.5 Å². The lowest BCUT2D eigenvalue weighted by atomic mass is 10.0. The van der Waals surface area contributed by atoms with Crippen LogP contribution in [0.4, 0.5) is 0 Å². The van der Waals surface area contributed by atoms with Crippen molar-refractivity contribution < 1.29 is 4.74 Å². The van der Waals surface area contributed by atoms with Crippen molar-refractivity contribution in [1.29, 1.82) is 0 Å². The molecule has 0 amide bonds. The molecule has 0 spiro atoms. The molecule has 0 aromatic heterocycles. The minimum atomic E-state index is 0.0993. The van der Waals surface area contributed by atoms with Gasteiger partial charge in [0.2, 0.25) is 0 Å². The van der Waals surface area contributed by atoms with E-state index < -0.39 is 0 Å². The monoisotopic (exact) mass is 241 g/mol. The fourth-order valence-electron chi connectivity index (χ4n) is 1.56. The van der Waals surface area contributed by atoms with Gasteiger partial charge in [-0.2, -0.15) is 0 Å². The largest absolute Gasteiger partial charge is 0.479 e. The molecule has 0 aliphatic carbocycles. The summed E-state index contributed by atoms with van der Waals surface area (Å²) in [5, 5.41) is 0.0993. The molecular formula is C10H12BrNO. The zero-order valence-electron chi connectivity index (χ0n) is 7.24. The highest BCUT2D eigenvalue weighted by Gasteiger charge is 2.19. The van der Waals surface area contributed by atoms with Gasteiger partial charge in [-0.1, -0.05) is 18.2 Å². The number of rotatable bonds is 0. The van der Waals surface area contributed by atoms with E-state index in [4.69, 9.17) is 10.5 Å². The fraction of sp³-hybridized carbons (Fsp3) is 0.400. The first-order chi connectivity index (χ1) is 6.27. The van der Waals surface area contributed by atoms with Crippen molar-refractivity contribution in [3.8, 4) is 5.75 Å². The van der Waals surface area contributed by atoms with Gasteiger partial charge < -0.3 is 10.5 Å². The summed E-state index contributed by atoms with van der Waals surface area (Å²) >= 11 is 3.46. The van der Waals surface area contributed by atoms with Crippen LogP contribution >= 0.6 is 15.9 Å². The lowest BCUT2D eigenvalue weighted by Crippen LogP contribution is -2.09. The average molecular weight is 242 g/mol. The molecule has 2 atom stereocenters. The Labute approximate surface area is 86.2 Å². The van der Waals surface area contributed by atoms with Crippen molar-refractivity contribution in [2.45, 2.75) is 23.9 Å². The summed E-state index contributed by atoms with van der Waals surface area (Å²) in [6, 6.07) is 8.08. The van der Waals surface area contributed by atoms with Gasteiger partial charge in [0.15, 0.2) is 5.01 Å². The summed E-state index contributed by atoms with van der Waals surface area (Å²) in [6.07, 6.45) is 1.92. The third-order valence-electron chi connectivity index (χ3n) is 2.28. The van der Waals surface area contributed by atoms with E-state index in [0.29, 0.717) is 0 Å². The van der Waals surface area contributed by atoms with Gasteiger partial charge in [0.1, 0.15) is 5.75 Å². The number of fused-ring (bicyclic) bond motifs is 1. The second-order valence-electron chi connectivity index (χ2n) is 3.25. The number of benzene rings is 1. The topological polar surface area (TPSA) is 35.2 Å². The molecule has 70 valence electrons. The fourth-order valence-corrected chi connectivity index (χ4v) is 2.02. The van der Waals surface area contributed by atoms with Gasteiger partial charge in [0.25, 0.3) is 0 Å². The molecule has 2 nitrogen and oxygen atoms in total. The first kappa shape index (κ1) is 9.03. The molecule has 1 aliphatic rings. The minimum absolute atomic E-state index is 0.0993. The molecule has 2 rings (SSSR count). The third kappa shape index (κ3) is 1.86. The Bertz CT molecular complexity index is 303. The van der Waals surface area contributed by atoms with Crippen LogP contribution in [-0.4, -0.2) is 5.01 Å². The van der Waals surface area contributed by atoms with E-state index in [2.05, 4.69) is 15.9 Å². The van der Waals surface area contributed by atoms with Crippen LogP contribution in [-0.2, 0) is 0 Å². The van der Waals surface area contributed by atoms with Crippen LogP contribution in [0.15, 0.2) is 24.3 Å². The standard InChI is InChI=1S/C10H12BrNO/c11-10-6-5-8(12)7-3-1-2-4-9(7)13-10/h1-4,8,10H,5-6,12H2. The maximum atomic E-state index is 6.01. The summed E-state index contributed by atoms with van der Waals surface area (Å²) in [6.45, 7) is 0. The second kappa shape index (κ2) is 3.68. The van der Waals surface area contributed by atoms with E-state index in [-0.39, 0.29) is 11.1 Å². The van der Waals surface area contributed by atoms with Crippen LogP contribution in [0.1, 0.15) is 24.4 Å². The van der Waals surface area contributed by atoms with Crippen molar-refractivity contribution in [2.75, 3.05) is 0 Å². The predicted molar refractivity (Wildman–Crippen MR) is 55.9 cm³/mol. The van der Waals surface area contributed by atoms with E-state index in [0.717, 1.165) is 24.2 Å². The summed E-state index contributed by atoms with van der Waals surface area (Å²) < 4.78 is 5.66. The summed E-state index contributed by atoms with van der Waals surface area (Å²) in [7, 11) is 0. The van der Waals surface area contributed by atoms with Gasteiger partial charge in [-0.3, -0.25) is 0 Å². The zero-order valence-corrected chi connectivity index (χ0v) is 8.83. The number of hydrogen-bond acceptors (Lipinski definition) is 2. The molecule has 2 unspecified atom stereocenters. The van der Waals surface area contributed by atoms with Gasteiger partial charge >= 0.3 is 0 Å².